The first kappa shape index (κ1) is 46.8. The molecule has 0 bridgehead atoms. The summed E-state index contributed by atoms with van der Waals surface area (Å²) >= 11 is 0. The van der Waals surface area contributed by atoms with Gasteiger partial charge < -0.3 is 4.74 Å². The lowest BCUT2D eigenvalue weighted by Crippen LogP contribution is -2.12. The molecule has 0 radical (unpaired) electrons. The second-order valence-electron chi connectivity index (χ2n) is 20.6. The zero-order valence-corrected chi connectivity index (χ0v) is 42.2. The molecule has 2 aromatic heterocycles. The lowest BCUT2D eigenvalue weighted by molar-refractivity contribution is 0.483. The van der Waals surface area contributed by atoms with Gasteiger partial charge in [0, 0.05) is 47.3 Å². The molecule has 0 spiro atoms. The van der Waals surface area contributed by atoms with E-state index >= 15 is 8.78 Å². The number of rotatable bonds is 11. The average molecular weight is 959 g/mol. The molecule has 0 fully saturated rings. The molecule has 0 unspecified atom stereocenters. The molecule has 73 heavy (non-hydrogen) atoms. The van der Waals surface area contributed by atoms with Crippen LogP contribution in [-0.4, -0.2) is 15.6 Å². The molecule has 3 heterocycles. The Morgan fingerprint density at radius 2 is 1.29 bits per heavy atom. The quantitative estimate of drug-likeness (QED) is 0.121. The molecule has 358 valence electrons. The van der Waals surface area contributed by atoms with Gasteiger partial charge in [0.15, 0.2) is 0 Å². The summed E-state index contributed by atoms with van der Waals surface area (Å²) in [4.78, 5) is 4.93. The molecule has 0 saturated heterocycles. The number of hydrogen-bond donors (Lipinski definition) is 0. The predicted octanol–water partition coefficient (Wildman–Crippen LogP) is 18.3. The Hall–Kier alpha value is -8.51. The molecule has 8 aromatic carbocycles. The Labute approximate surface area is 426 Å². The molecule has 10 aromatic rings. The first-order chi connectivity index (χ1) is 35.2. The highest BCUT2D eigenvalue weighted by Gasteiger charge is 2.40. The molecule has 11 rings (SSSR count). The van der Waals surface area contributed by atoms with E-state index in [0.717, 1.165) is 84.3 Å². The van der Waals surface area contributed by atoms with Crippen molar-refractivity contribution in [3.8, 4) is 50.7 Å². The van der Waals surface area contributed by atoms with Crippen LogP contribution in [0.1, 0.15) is 82.6 Å². The average Bonchev–Trinajstić information content (AvgIpc) is 3.93. The maximum atomic E-state index is 15.1. The number of ether oxygens (including phenoxy) is 1. The van der Waals surface area contributed by atoms with Crippen LogP contribution in [0.15, 0.2) is 189 Å². The van der Waals surface area contributed by atoms with Crippen LogP contribution in [0.25, 0.3) is 67.1 Å². The minimum absolute atomic E-state index is 0.0700. The van der Waals surface area contributed by atoms with Crippen LogP contribution in [0.2, 0.25) is 0 Å². The van der Waals surface area contributed by atoms with E-state index in [2.05, 4.69) is 161 Å². The fraction of sp³-hybridized carbons (Fsp3) is 0.152. The van der Waals surface area contributed by atoms with E-state index in [-0.39, 0.29) is 11.3 Å². The Bertz CT molecular complexity index is 3890. The van der Waals surface area contributed by atoms with Gasteiger partial charge in [-0.05, 0) is 132 Å². The molecular weight excluding hydrogens is 903 g/mol. The van der Waals surface area contributed by atoms with Gasteiger partial charge in [0.2, 0.25) is 11.4 Å². The van der Waals surface area contributed by atoms with Crippen molar-refractivity contribution in [3.05, 3.63) is 223 Å². The van der Waals surface area contributed by atoms with Crippen LogP contribution in [0, 0.1) is 11.6 Å². The van der Waals surface area contributed by atoms with Crippen molar-refractivity contribution in [2.45, 2.75) is 65.7 Å². The van der Waals surface area contributed by atoms with E-state index in [1.165, 1.54) is 28.8 Å². The molecule has 0 aliphatic carbocycles. The summed E-state index contributed by atoms with van der Waals surface area (Å²) in [6.45, 7) is 19.9. The lowest BCUT2D eigenvalue weighted by Gasteiger charge is -2.20. The second kappa shape index (κ2) is 18.6. The molecule has 1 aliphatic rings. The van der Waals surface area contributed by atoms with E-state index in [1.807, 2.05) is 83.6 Å². The minimum Gasteiger partial charge on any atom is -0.457 e. The zero-order valence-electron chi connectivity index (χ0n) is 42.2. The summed E-state index contributed by atoms with van der Waals surface area (Å²) in [5.74, 6) is 1.33. The summed E-state index contributed by atoms with van der Waals surface area (Å²) < 4.78 is 43.7. The van der Waals surface area contributed by atoms with E-state index in [0.29, 0.717) is 28.5 Å². The van der Waals surface area contributed by atoms with Crippen LogP contribution in [0.3, 0.4) is 0 Å². The van der Waals surface area contributed by atoms with Crippen molar-refractivity contribution in [2.24, 2.45) is 0 Å². The van der Waals surface area contributed by atoms with Crippen LogP contribution in [0.4, 0.5) is 31.5 Å². The SMILES string of the molecule is C=Cc1cc(C(C)C)cc(C(C)C)c1-c1cc(Oc2ccc3c4ccccc4n(-c4cc(C(C)(C)C)ccn4)c3c2)cc([N+]2=C=[N+](c3c(-c4ccccc4)cccc3-c3cc(F)cc(F)c3)c3ccccc32)c1. The van der Waals surface area contributed by atoms with Gasteiger partial charge >= 0.3 is 6.01 Å². The van der Waals surface area contributed by atoms with Crippen LogP contribution in [0.5, 0.6) is 11.5 Å². The van der Waals surface area contributed by atoms with Gasteiger partial charge in [0.1, 0.15) is 29.0 Å². The highest BCUT2D eigenvalue weighted by atomic mass is 19.1. The normalized spacial score (nSPS) is 12.4. The zero-order chi connectivity index (χ0) is 50.7. The maximum Gasteiger partial charge on any atom is 0.503 e. The number of para-hydroxylation sites is 4. The number of aromatic nitrogens is 2. The van der Waals surface area contributed by atoms with Crippen LogP contribution in [-0.2, 0) is 5.41 Å². The Balaban J connectivity index is 1.16. The second-order valence-corrected chi connectivity index (χ2v) is 20.6. The third kappa shape index (κ3) is 8.66. The van der Waals surface area contributed by atoms with Crippen molar-refractivity contribution in [1.82, 2.24) is 18.7 Å². The van der Waals surface area contributed by atoms with E-state index in [1.54, 1.807) is 0 Å². The number of hydrogen-bond acceptors (Lipinski definition) is 2. The highest BCUT2D eigenvalue weighted by molar-refractivity contribution is 6.09. The molecular formula is C66H56F2N4O+2. The van der Waals surface area contributed by atoms with Crippen LogP contribution < -0.4 is 13.9 Å². The summed E-state index contributed by atoms with van der Waals surface area (Å²) in [5.41, 5.74) is 14.8. The van der Waals surface area contributed by atoms with Crippen molar-refractivity contribution in [2.75, 3.05) is 0 Å². The lowest BCUT2D eigenvalue weighted by atomic mass is 9.84. The number of pyridine rings is 1. The fourth-order valence-electron chi connectivity index (χ4n) is 10.3. The smallest absolute Gasteiger partial charge is 0.457 e. The third-order valence-corrected chi connectivity index (χ3v) is 14.0. The summed E-state index contributed by atoms with van der Waals surface area (Å²) in [6, 6.07) is 61.5. The molecule has 0 amide bonds. The maximum absolute atomic E-state index is 15.1. The number of nitrogens with zero attached hydrogens (tertiary/aromatic N) is 4. The molecule has 0 saturated carbocycles. The number of halogens is 2. The van der Waals surface area contributed by atoms with Crippen molar-refractivity contribution >= 4 is 56.6 Å². The van der Waals surface area contributed by atoms with Gasteiger partial charge in [0.25, 0.3) is 11.4 Å². The molecule has 7 heteroatoms. The topological polar surface area (TPSA) is 33.1 Å². The van der Waals surface area contributed by atoms with Crippen molar-refractivity contribution in [1.29, 1.82) is 0 Å². The molecule has 0 N–H and O–H groups in total. The molecule has 5 nitrogen and oxygen atoms in total. The van der Waals surface area contributed by atoms with Gasteiger partial charge in [-0.1, -0.05) is 140 Å². The molecule has 0 atom stereocenters. The van der Waals surface area contributed by atoms with Crippen molar-refractivity contribution in [3.63, 3.8) is 0 Å². The van der Waals surface area contributed by atoms with Crippen molar-refractivity contribution < 1.29 is 13.5 Å². The standard InChI is InChI=1S/C66H56F2N4O/c1-9-43-30-45(41(2)3)35-58(42(4)5)64(43)47-33-51(38-53(34-47)73-52-26-27-57-56-20-13-14-23-59(56)72(62(57)39-52)63-36-48(28-29-69-63)66(6,7)8)70-40-71(61-25-16-15-24-60(61)70)65-54(44-18-11-10-12-19-44)21-17-22-55(65)46-31-49(67)37-50(68)32-46/h9-39,41-42H,1H2,2-8H3/q+2. The van der Waals surface area contributed by atoms with Gasteiger partial charge in [-0.15, -0.1) is 0 Å². The monoisotopic (exact) mass is 958 g/mol. The number of fused-ring (bicyclic) bond motifs is 4. The summed E-state index contributed by atoms with van der Waals surface area (Å²) in [6.07, 6.45) is 3.85. The summed E-state index contributed by atoms with van der Waals surface area (Å²) in [7, 11) is 0. The number of benzene rings is 8. The highest BCUT2D eigenvalue weighted by Crippen LogP contribution is 2.47. The largest absolute Gasteiger partial charge is 0.503 e. The Morgan fingerprint density at radius 1 is 0.603 bits per heavy atom. The summed E-state index contributed by atoms with van der Waals surface area (Å²) in [5, 5.41) is 2.22. The minimum atomic E-state index is -0.653. The van der Waals surface area contributed by atoms with Crippen LogP contribution >= 0.6 is 0 Å². The first-order valence-electron chi connectivity index (χ1n) is 25.0. The predicted molar refractivity (Wildman–Crippen MR) is 299 cm³/mol. The van der Waals surface area contributed by atoms with Gasteiger partial charge in [0.05, 0.1) is 28.2 Å². The Kier molecular flexibility index (Phi) is 11.9. The molecule has 1 aliphatic heterocycles. The fourth-order valence-corrected chi connectivity index (χ4v) is 10.3. The van der Waals surface area contributed by atoms with E-state index in [9.17, 15) is 0 Å². The van der Waals surface area contributed by atoms with Gasteiger partial charge in [-0.2, -0.15) is 0 Å². The third-order valence-electron chi connectivity index (χ3n) is 14.0. The first-order valence-corrected chi connectivity index (χ1v) is 25.0. The van der Waals surface area contributed by atoms with Gasteiger partial charge in [-0.3, -0.25) is 4.57 Å². The van der Waals surface area contributed by atoms with Gasteiger partial charge in [-0.25, -0.2) is 13.8 Å². The van der Waals surface area contributed by atoms with E-state index < -0.39 is 11.6 Å². The van der Waals surface area contributed by atoms with E-state index in [4.69, 9.17) is 9.72 Å². The Morgan fingerprint density at radius 3 is 2.00 bits per heavy atom.